The van der Waals surface area contributed by atoms with Crippen LogP contribution >= 0.6 is 0 Å². The van der Waals surface area contributed by atoms with Crippen molar-refractivity contribution in [1.82, 2.24) is 14.7 Å². The van der Waals surface area contributed by atoms with E-state index in [1.807, 2.05) is 30.0 Å². The van der Waals surface area contributed by atoms with Gasteiger partial charge in [-0.05, 0) is 74.0 Å². The fourth-order valence-corrected chi connectivity index (χ4v) is 5.80. The lowest BCUT2D eigenvalue weighted by molar-refractivity contribution is -0.142. The van der Waals surface area contributed by atoms with Gasteiger partial charge in [-0.25, -0.2) is 9.67 Å². The van der Waals surface area contributed by atoms with Gasteiger partial charge in [0.05, 0.1) is 17.3 Å². The molecule has 1 N–H and O–H groups in total. The molecule has 194 valence electrons. The second-order valence-electron chi connectivity index (χ2n) is 10.6. The number of nitrogens with zero attached hydrogens (tertiary/aromatic N) is 5. The van der Waals surface area contributed by atoms with Crippen molar-refractivity contribution in [3.8, 4) is 0 Å². The summed E-state index contributed by atoms with van der Waals surface area (Å²) in [5.41, 5.74) is 6.67. The molecule has 0 spiro atoms. The molecule has 0 bridgehead atoms. The van der Waals surface area contributed by atoms with E-state index in [1.165, 1.54) is 16.7 Å². The maximum Gasteiger partial charge on any atom is 0.306 e. The summed E-state index contributed by atoms with van der Waals surface area (Å²) >= 11 is 0. The molecule has 7 nitrogen and oxygen atoms in total. The van der Waals surface area contributed by atoms with Crippen molar-refractivity contribution < 1.29 is 9.90 Å². The first-order chi connectivity index (χ1) is 18.5. The predicted molar refractivity (Wildman–Crippen MR) is 150 cm³/mol. The fraction of sp³-hybridized carbons (Fsp3) is 0.355. The second-order valence-corrected chi connectivity index (χ2v) is 10.6. The van der Waals surface area contributed by atoms with Crippen LogP contribution in [-0.4, -0.2) is 50.8 Å². The summed E-state index contributed by atoms with van der Waals surface area (Å²) in [6.07, 6.45) is 7.40. The zero-order chi connectivity index (χ0) is 26.1. The molecular formula is C31H33N5O2. The van der Waals surface area contributed by atoms with Gasteiger partial charge in [-0.1, -0.05) is 54.6 Å². The number of rotatable bonds is 5. The van der Waals surface area contributed by atoms with E-state index in [-0.39, 0.29) is 18.0 Å². The number of aliphatic imine (C=N–C) groups is 2. The first-order valence-electron chi connectivity index (χ1n) is 13.5. The third-order valence-electron chi connectivity index (χ3n) is 7.88. The molecule has 6 rings (SSSR count). The maximum atomic E-state index is 11.4. The van der Waals surface area contributed by atoms with Gasteiger partial charge in [0, 0.05) is 24.7 Å². The van der Waals surface area contributed by atoms with Crippen LogP contribution < -0.4 is 0 Å². The molecule has 0 radical (unpaired) electrons. The number of aromatic nitrogens is 2. The number of carboxylic acids is 1. The zero-order valence-corrected chi connectivity index (χ0v) is 21.7. The highest BCUT2D eigenvalue weighted by Crippen LogP contribution is 2.38. The van der Waals surface area contributed by atoms with E-state index in [2.05, 4.69) is 59.5 Å². The third kappa shape index (κ3) is 5.11. The molecule has 4 heterocycles. The van der Waals surface area contributed by atoms with Crippen molar-refractivity contribution in [1.29, 1.82) is 0 Å². The Kier molecular flexibility index (Phi) is 6.77. The lowest BCUT2D eigenvalue weighted by atomic mass is 9.92. The number of hydrogen-bond acceptors (Lipinski definition) is 5. The number of carbonyl (C=O) groups is 1. The Hall–Kier alpha value is -3.84. The fourth-order valence-electron chi connectivity index (χ4n) is 5.80. The van der Waals surface area contributed by atoms with Gasteiger partial charge < -0.3 is 5.11 Å². The Labute approximate surface area is 223 Å². The molecule has 0 aliphatic carbocycles. The standard InChI is InChI=1S/C31H33N5O2/c1-21-16-29-32-19-27-17-26(23-6-3-2-4-7-23)18-28(33-30(27)36(29)34-21)24-11-9-22(10-12-24)20-35-14-5-8-25(13-15-35)31(37)38/h2-4,6-7,9-12,16,18-19,25,27,30H,5,8,13-15,17,20H2,1H3,(H,37,38). The van der Waals surface area contributed by atoms with Crippen LogP contribution in [0.25, 0.3) is 5.57 Å². The van der Waals surface area contributed by atoms with Crippen molar-refractivity contribution in [2.75, 3.05) is 13.1 Å². The molecule has 2 aromatic carbocycles. The molecule has 1 saturated heterocycles. The molecule has 3 aromatic rings. The molecule has 3 aliphatic heterocycles. The van der Waals surface area contributed by atoms with Crippen molar-refractivity contribution in [3.63, 3.8) is 0 Å². The van der Waals surface area contributed by atoms with Crippen LogP contribution in [0.1, 0.15) is 54.2 Å². The molecule has 3 atom stereocenters. The van der Waals surface area contributed by atoms with Crippen molar-refractivity contribution >= 4 is 29.3 Å². The van der Waals surface area contributed by atoms with E-state index in [9.17, 15) is 9.90 Å². The topological polar surface area (TPSA) is 83.1 Å². The van der Waals surface area contributed by atoms with Crippen molar-refractivity contribution in [3.05, 3.63) is 89.1 Å². The summed E-state index contributed by atoms with van der Waals surface area (Å²) < 4.78 is 1.97. The highest BCUT2D eigenvalue weighted by molar-refractivity contribution is 6.13. The van der Waals surface area contributed by atoms with Crippen LogP contribution in [0.4, 0.5) is 5.82 Å². The third-order valence-corrected chi connectivity index (χ3v) is 7.88. The smallest absolute Gasteiger partial charge is 0.306 e. The maximum absolute atomic E-state index is 11.4. The molecule has 3 aliphatic rings. The molecule has 1 fully saturated rings. The lowest BCUT2D eigenvalue weighted by Gasteiger charge is -2.25. The van der Waals surface area contributed by atoms with Gasteiger partial charge in [-0.2, -0.15) is 5.10 Å². The minimum absolute atomic E-state index is 0.127. The van der Waals surface area contributed by atoms with Gasteiger partial charge in [0.2, 0.25) is 0 Å². The van der Waals surface area contributed by atoms with Crippen LogP contribution in [0.15, 0.2) is 76.7 Å². The van der Waals surface area contributed by atoms with Gasteiger partial charge in [-0.3, -0.25) is 14.7 Å². The Bertz CT molecular complexity index is 1400. The van der Waals surface area contributed by atoms with E-state index in [4.69, 9.17) is 15.1 Å². The van der Waals surface area contributed by atoms with Crippen molar-refractivity contribution in [2.24, 2.45) is 21.8 Å². The molecular weight excluding hydrogens is 474 g/mol. The molecule has 0 amide bonds. The molecule has 7 heteroatoms. The average molecular weight is 508 g/mol. The molecule has 38 heavy (non-hydrogen) atoms. The minimum Gasteiger partial charge on any atom is -0.481 e. The predicted octanol–water partition coefficient (Wildman–Crippen LogP) is 5.69. The van der Waals surface area contributed by atoms with E-state index in [0.29, 0.717) is 0 Å². The summed E-state index contributed by atoms with van der Waals surface area (Å²) in [5.74, 6) is 0.108. The highest BCUT2D eigenvalue weighted by Gasteiger charge is 2.31. The summed E-state index contributed by atoms with van der Waals surface area (Å²) in [4.78, 5) is 23.7. The number of aliphatic carboxylic acids is 1. The van der Waals surface area contributed by atoms with Crippen LogP contribution in [0.2, 0.25) is 0 Å². The number of likely N-dealkylation sites (tertiary alicyclic amines) is 1. The van der Waals surface area contributed by atoms with E-state index in [1.54, 1.807) is 0 Å². The number of carboxylic acid groups (broad SMARTS) is 1. The second kappa shape index (κ2) is 10.5. The molecule has 1 aromatic heterocycles. The van der Waals surface area contributed by atoms with Gasteiger partial charge >= 0.3 is 5.97 Å². The summed E-state index contributed by atoms with van der Waals surface area (Å²) in [6, 6.07) is 21.2. The number of fused-ring (bicyclic) bond motifs is 3. The highest BCUT2D eigenvalue weighted by atomic mass is 16.4. The number of aryl methyl sites for hydroxylation is 1. The quantitative estimate of drug-likeness (QED) is 0.481. The van der Waals surface area contributed by atoms with E-state index < -0.39 is 5.97 Å². The van der Waals surface area contributed by atoms with Gasteiger partial charge in [0.25, 0.3) is 0 Å². The Morgan fingerprint density at radius 2 is 1.84 bits per heavy atom. The lowest BCUT2D eigenvalue weighted by Crippen LogP contribution is -2.25. The van der Waals surface area contributed by atoms with Gasteiger partial charge in [0.15, 0.2) is 12.0 Å². The normalized spacial score (nSPS) is 23.4. The number of allylic oxidation sites excluding steroid dienone is 2. The first-order valence-corrected chi connectivity index (χ1v) is 13.5. The average Bonchev–Trinajstić information content (AvgIpc) is 3.07. The first kappa shape index (κ1) is 24.5. The molecule has 0 saturated carbocycles. The summed E-state index contributed by atoms with van der Waals surface area (Å²) in [5, 5.41) is 14.1. The summed E-state index contributed by atoms with van der Waals surface area (Å²) in [7, 11) is 0. The van der Waals surface area contributed by atoms with Gasteiger partial charge in [0.1, 0.15) is 0 Å². The van der Waals surface area contributed by atoms with E-state index in [0.717, 1.165) is 68.1 Å². The largest absolute Gasteiger partial charge is 0.481 e. The number of benzene rings is 2. The Balaban J connectivity index is 1.28. The van der Waals surface area contributed by atoms with E-state index >= 15 is 0 Å². The van der Waals surface area contributed by atoms with Crippen LogP contribution in [0.5, 0.6) is 0 Å². The SMILES string of the molecule is Cc1cc2n(n1)C1N=C(c3ccc(CN4CCCC(C(=O)O)CC4)cc3)C=C(c3ccccc3)CC1C=N2. The zero-order valence-electron chi connectivity index (χ0n) is 21.7. The minimum atomic E-state index is -0.660. The summed E-state index contributed by atoms with van der Waals surface area (Å²) in [6.45, 7) is 4.60. The Morgan fingerprint density at radius 3 is 2.63 bits per heavy atom. The Morgan fingerprint density at radius 1 is 1.03 bits per heavy atom. The van der Waals surface area contributed by atoms with Crippen LogP contribution in [0, 0.1) is 18.8 Å². The van der Waals surface area contributed by atoms with Crippen molar-refractivity contribution in [2.45, 2.75) is 45.3 Å². The van der Waals surface area contributed by atoms with Crippen LogP contribution in [0.3, 0.4) is 0 Å². The molecule has 3 unspecified atom stereocenters. The van der Waals surface area contributed by atoms with Crippen LogP contribution in [-0.2, 0) is 11.3 Å². The van der Waals surface area contributed by atoms with Gasteiger partial charge in [-0.15, -0.1) is 0 Å². The number of hydrogen-bond donors (Lipinski definition) is 1. The monoisotopic (exact) mass is 507 g/mol.